The molecule has 156 valence electrons. The van der Waals surface area contributed by atoms with Crippen molar-refractivity contribution in [3.8, 4) is 5.75 Å². The van der Waals surface area contributed by atoms with Crippen molar-refractivity contribution in [3.63, 3.8) is 0 Å². The minimum atomic E-state index is -4.54. The maximum absolute atomic E-state index is 13.1. The Kier molecular flexibility index (Phi) is 6.54. The van der Waals surface area contributed by atoms with E-state index in [1.165, 1.54) is 13.2 Å². The highest BCUT2D eigenvalue weighted by atomic mass is 35.5. The molecule has 3 rings (SSSR count). The van der Waals surface area contributed by atoms with Gasteiger partial charge in [0, 0.05) is 24.8 Å². The molecule has 1 aliphatic rings. The molecule has 0 radical (unpaired) electrons. The molecule has 1 amide bonds. The zero-order valence-electron chi connectivity index (χ0n) is 15.7. The predicted octanol–water partition coefficient (Wildman–Crippen LogP) is 4.07. The van der Waals surface area contributed by atoms with Crippen LogP contribution in [0.2, 0.25) is 5.02 Å². The number of rotatable bonds is 6. The van der Waals surface area contributed by atoms with Gasteiger partial charge in [-0.1, -0.05) is 17.7 Å². The van der Waals surface area contributed by atoms with Gasteiger partial charge in [-0.3, -0.25) is 4.79 Å². The number of carbonyl (C=O) groups excluding carboxylic acids is 1. The largest absolute Gasteiger partial charge is 0.495 e. The number of nitrogens with one attached hydrogen (secondary N) is 3. The molecule has 1 aliphatic heterocycles. The van der Waals surface area contributed by atoms with Crippen LogP contribution in [0.25, 0.3) is 0 Å². The van der Waals surface area contributed by atoms with Crippen molar-refractivity contribution < 1.29 is 22.7 Å². The van der Waals surface area contributed by atoms with E-state index >= 15 is 0 Å². The van der Waals surface area contributed by atoms with Crippen LogP contribution in [-0.2, 0) is 12.7 Å². The van der Waals surface area contributed by atoms with Crippen molar-refractivity contribution in [2.24, 2.45) is 0 Å². The first kappa shape index (κ1) is 21.3. The lowest BCUT2D eigenvalue weighted by Crippen LogP contribution is -2.27. The third-order valence-corrected chi connectivity index (χ3v) is 4.98. The molecule has 5 nitrogen and oxygen atoms in total. The van der Waals surface area contributed by atoms with Gasteiger partial charge in [0.05, 0.1) is 23.3 Å². The molecule has 0 bridgehead atoms. The highest BCUT2D eigenvalue weighted by Crippen LogP contribution is 2.32. The van der Waals surface area contributed by atoms with Crippen molar-refractivity contribution >= 4 is 23.2 Å². The first-order valence-electron chi connectivity index (χ1n) is 9.07. The smallest absolute Gasteiger partial charge is 0.416 e. The number of hydrogen-bond donors (Lipinski definition) is 3. The summed E-state index contributed by atoms with van der Waals surface area (Å²) in [5.74, 6) is -0.104. The summed E-state index contributed by atoms with van der Waals surface area (Å²) < 4.78 is 44.5. The van der Waals surface area contributed by atoms with E-state index in [-0.39, 0.29) is 18.2 Å². The monoisotopic (exact) mass is 427 g/mol. The zero-order chi connectivity index (χ0) is 21.0. The van der Waals surface area contributed by atoms with Gasteiger partial charge in [0.15, 0.2) is 0 Å². The van der Waals surface area contributed by atoms with Gasteiger partial charge in [-0.2, -0.15) is 13.2 Å². The van der Waals surface area contributed by atoms with Crippen LogP contribution in [-0.4, -0.2) is 32.1 Å². The zero-order valence-corrected chi connectivity index (χ0v) is 16.5. The highest BCUT2D eigenvalue weighted by molar-refractivity contribution is 6.32. The number of alkyl halides is 3. The van der Waals surface area contributed by atoms with Gasteiger partial charge < -0.3 is 20.7 Å². The van der Waals surface area contributed by atoms with Gasteiger partial charge in [-0.25, -0.2) is 0 Å². The Hall–Kier alpha value is -2.45. The molecule has 9 heteroatoms. The van der Waals surface area contributed by atoms with Gasteiger partial charge in [0.2, 0.25) is 0 Å². The van der Waals surface area contributed by atoms with Crippen molar-refractivity contribution in [1.82, 2.24) is 10.6 Å². The Morgan fingerprint density at radius 1 is 1.28 bits per heavy atom. The molecule has 29 heavy (non-hydrogen) atoms. The summed E-state index contributed by atoms with van der Waals surface area (Å²) in [6.07, 6.45) is -3.71. The van der Waals surface area contributed by atoms with Gasteiger partial charge in [-0.15, -0.1) is 0 Å². The summed E-state index contributed by atoms with van der Waals surface area (Å²) >= 11 is 6.07. The average Bonchev–Trinajstić information content (AvgIpc) is 3.18. The number of ether oxygens (including phenoxy) is 1. The van der Waals surface area contributed by atoms with E-state index in [4.69, 9.17) is 16.3 Å². The Balaban J connectivity index is 1.79. The summed E-state index contributed by atoms with van der Waals surface area (Å²) in [6.45, 7) is 1.62. The van der Waals surface area contributed by atoms with Gasteiger partial charge in [-0.05, 0) is 48.9 Å². The lowest BCUT2D eigenvalue weighted by atomic mass is 10.1. The van der Waals surface area contributed by atoms with Crippen LogP contribution in [0, 0.1) is 0 Å². The summed E-state index contributed by atoms with van der Waals surface area (Å²) in [5, 5.41) is 9.38. The van der Waals surface area contributed by atoms with Crippen LogP contribution >= 0.6 is 11.6 Å². The molecule has 0 aromatic heterocycles. The Labute approximate surface area is 171 Å². The molecule has 2 aromatic carbocycles. The maximum atomic E-state index is 13.1. The van der Waals surface area contributed by atoms with Gasteiger partial charge in [0.1, 0.15) is 5.75 Å². The quantitative estimate of drug-likeness (QED) is 0.650. The second-order valence-electron chi connectivity index (χ2n) is 6.74. The van der Waals surface area contributed by atoms with Crippen LogP contribution in [0.15, 0.2) is 36.4 Å². The second kappa shape index (κ2) is 8.92. The molecule has 1 heterocycles. The van der Waals surface area contributed by atoms with Crippen LogP contribution < -0.4 is 20.7 Å². The van der Waals surface area contributed by atoms with E-state index in [0.29, 0.717) is 28.6 Å². The third kappa shape index (κ3) is 5.33. The molecule has 0 saturated carbocycles. The number of carbonyl (C=O) groups is 1. The van der Waals surface area contributed by atoms with Crippen LogP contribution in [0.4, 0.5) is 18.9 Å². The maximum Gasteiger partial charge on any atom is 0.416 e. The molecule has 1 atom stereocenters. The Morgan fingerprint density at radius 3 is 2.69 bits per heavy atom. The number of amides is 1. The van der Waals surface area contributed by atoms with E-state index in [1.54, 1.807) is 18.2 Å². The summed E-state index contributed by atoms with van der Waals surface area (Å²) in [4.78, 5) is 12.7. The molecule has 2 aromatic rings. The topological polar surface area (TPSA) is 62.4 Å². The van der Waals surface area contributed by atoms with Gasteiger partial charge >= 0.3 is 6.18 Å². The predicted molar refractivity (Wildman–Crippen MR) is 106 cm³/mol. The number of hydrogen-bond acceptors (Lipinski definition) is 4. The highest BCUT2D eigenvalue weighted by Gasteiger charge is 2.32. The lowest BCUT2D eigenvalue weighted by Gasteiger charge is -2.18. The summed E-state index contributed by atoms with van der Waals surface area (Å²) in [7, 11) is 1.49. The van der Waals surface area contributed by atoms with Crippen molar-refractivity contribution in [3.05, 3.63) is 58.1 Å². The lowest BCUT2D eigenvalue weighted by molar-refractivity contribution is -0.137. The van der Waals surface area contributed by atoms with Crippen molar-refractivity contribution in [2.45, 2.75) is 25.2 Å². The first-order chi connectivity index (χ1) is 13.8. The molecule has 0 spiro atoms. The van der Waals surface area contributed by atoms with E-state index in [1.807, 2.05) is 0 Å². The molecule has 1 saturated heterocycles. The standard InChI is InChI=1S/C20H21ClF3N3O2/c1-29-18-5-2-12(8-16(18)21)10-26-19(28)15-9-13(20(22,23)24)3-4-17(15)27-14-6-7-25-11-14/h2-5,8-9,14,25,27H,6-7,10-11H2,1H3,(H,26,28)/t14-/m1/s1. The SMILES string of the molecule is COc1ccc(CNC(=O)c2cc(C(F)(F)F)ccc2N[C@@H]2CCNC2)cc1Cl. The minimum Gasteiger partial charge on any atom is -0.495 e. The summed E-state index contributed by atoms with van der Waals surface area (Å²) in [6, 6.07) is 8.23. The molecule has 0 aliphatic carbocycles. The normalized spacial score (nSPS) is 16.5. The number of benzene rings is 2. The second-order valence-corrected chi connectivity index (χ2v) is 7.15. The number of halogens is 4. The molecule has 1 fully saturated rings. The van der Waals surface area contributed by atoms with Crippen molar-refractivity contribution in [2.75, 3.05) is 25.5 Å². The van der Waals surface area contributed by atoms with E-state index < -0.39 is 17.6 Å². The Morgan fingerprint density at radius 2 is 2.07 bits per heavy atom. The van der Waals surface area contributed by atoms with Crippen LogP contribution in [0.5, 0.6) is 5.75 Å². The van der Waals surface area contributed by atoms with Crippen LogP contribution in [0.1, 0.15) is 27.9 Å². The van der Waals surface area contributed by atoms with Gasteiger partial charge in [0.25, 0.3) is 5.91 Å². The first-order valence-corrected chi connectivity index (χ1v) is 9.45. The molecule has 0 unspecified atom stereocenters. The van der Waals surface area contributed by atoms with Crippen molar-refractivity contribution in [1.29, 1.82) is 0 Å². The fourth-order valence-corrected chi connectivity index (χ4v) is 3.41. The van der Waals surface area contributed by atoms with E-state index in [0.717, 1.165) is 25.1 Å². The Bertz CT molecular complexity index is 884. The number of anilines is 1. The average molecular weight is 428 g/mol. The molecular formula is C20H21ClF3N3O2. The van der Waals surface area contributed by atoms with E-state index in [9.17, 15) is 18.0 Å². The fourth-order valence-electron chi connectivity index (χ4n) is 3.13. The summed E-state index contributed by atoms with van der Waals surface area (Å²) in [5.41, 5.74) is 0.152. The fraction of sp³-hybridized carbons (Fsp3) is 0.350. The molecular weight excluding hydrogens is 407 g/mol. The van der Waals surface area contributed by atoms with E-state index in [2.05, 4.69) is 16.0 Å². The third-order valence-electron chi connectivity index (χ3n) is 4.68. The molecule has 3 N–H and O–H groups in total. The number of methoxy groups -OCH3 is 1. The van der Waals surface area contributed by atoms with Crippen LogP contribution in [0.3, 0.4) is 0 Å². The minimum absolute atomic E-state index is 0.0497.